The average molecular weight is 232 g/mol. The second kappa shape index (κ2) is 5.76. The maximum absolute atomic E-state index is 11.1. The number of rotatable bonds is 6. The van der Waals surface area contributed by atoms with E-state index in [0.717, 1.165) is 37.4 Å². The van der Waals surface area contributed by atoms with Crippen molar-refractivity contribution < 1.29 is 9.59 Å². The summed E-state index contributed by atoms with van der Waals surface area (Å²) in [6, 6.07) is 5.32. The molecule has 0 amide bonds. The Labute approximate surface area is 103 Å². The predicted molar refractivity (Wildman–Crippen MR) is 69.8 cm³/mol. The van der Waals surface area contributed by atoms with Gasteiger partial charge in [0.05, 0.1) is 0 Å². The van der Waals surface area contributed by atoms with Gasteiger partial charge in [-0.1, -0.05) is 32.9 Å². The highest BCUT2D eigenvalue weighted by atomic mass is 16.1. The summed E-state index contributed by atoms with van der Waals surface area (Å²) in [5.41, 5.74) is 2.38. The first-order valence-electron chi connectivity index (χ1n) is 6.22. The van der Waals surface area contributed by atoms with Crippen molar-refractivity contribution in [3.05, 3.63) is 34.9 Å². The van der Waals surface area contributed by atoms with E-state index in [2.05, 4.69) is 20.8 Å². The molecule has 0 N–H and O–H groups in total. The molecule has 0 spiro atoms. The molecule has 0 heterocycles. The van der Waals surface area contributed by atoms with Crippen molar-refractivity contribution in [2.24, 2.45) is 0 Å². The van der Waals surface area contributed by atoms with Crippen LogP contribution < -0.4 is 0 Å². The SMILES string of the molecule is CCC(CC)(CC)c1cc(C=O)ccc1C=O. The molecule has 1 aromatic carbocycles. The van der Waals surface area contributed by atoms with Crippen molar-refractivity contribution in [3.8, 4) is 0 Å². The number of carbonyl (C=O) groups is 2. The van der Waals surface area contributed by atoms with Gasteiger partial charge in [-0.3, -0.25) is 9.59 Å². The lowest BCUT2D eigenvalue weighted by Crippen LogP contribution is -2.25. The highest BCUT2D eigenvalue weighted by Crippen LogP contribution is 2.36. The lowest BCUT2D eigenvalue weighted by Gasteiger charge is -2.32. The van der Waals surface area contributed by atoms with Crippen molar-refractivity contribution >= 4 is 12.6 Å². The van der Waals surface area contributed by atoms with Gasteiger partial charge in [0, 0.05) is 11.1 Å². The molecule has 92 valence electrons. The molecule has 2 nitrogen and oxygen atoms in total. The molecule has 0 saturated carbocycles. The molecular weight excluding hydrogens is 212 g/mol. The minimum atomic E-state index is 0.00919. The second-order valence-corrected chi connectivity index (χ2v) is 4.42. The van der Waals surface area contributed by atoms with Crippen molar-refractivity contribution in [3.63, 3.8) is 0 Å². The summed E-state index contributed by atoms with van der Waals surface area (Å²) in [7, 11) is 0. The van der Waals surface area contributed by atoms with Gasteiger partial charge in [0.2, 0.25) is 0 Å². The van der Waals surface area contributed by atoms with Crippen LogP contribution in [0.3, 0.4) is 0 Å². The Morgan fingerprint density at radius 1 is 1.00 bits per heavy atom. The standard InChI is InChI=1S/C15H20O2/c1-4-15(5-2,6-3)14-9-12(10-16)7-8-13(14)11-17/h7-11H,4-6H2,1-3H3. The highest BCUT2D eigenvalue weighted by molar-refractivity contribution is 5.82. The molecule has 2 heteroatoms. The summed E-state index contributed by atoms with van der Waals surface area (Å²) in [4.78, 5) is 22.0. The molecule has 0 fully saturated rings. The maximum Gasteiger partial charge on any atom is 0.150 e. The van der Waals surface area contributed by atoms with Crippen molar-refractivity contribution in [2.45, 2.75) is 45.4 Å². The molecule has 0 aliphatic rings. The highest BCUT2D eigenvalue weighted by Gasteiger charge is 2.28. The summed E-state index contributed by atoms with van der Waals surface area (Å²) in [5, 5.41) is 0. The van der Waals surface area contributed by atoms with Gasteiger partial charge in [0.1, 0.15) is 12.6 Å². The molecule has 1 aromatic rings. The fourth-order valence-electron chi connectivity index (χ4n) is 2.53. The van der Waals surface area contributed by atoms with Crippen molar-refractivity contribution in [2.75, 3.05) is 0 Å². The van der Waals surface area contributed by atoms with Gasteiger partial charge < -0.3 is 0 Å². The molecule has 0 aromatic heterocycles. The first-order chi connectivity index (χ1) is 8.17. The molecule has 1 rings (SSSR count). The Bertz CT molecular complexity index is 395. The van der Waals surface area contributed by atoms with Crippen LogP contribution in [0.15, 0.2) is 18.2 Å². The monoisotopic (exact) mass is 232 g/mol. The Morgan fingerprint density at radius 3 is 2.00 bits per heavy atom. The van der Waals surface area contributed by atoms with Crippen LogP contribution in [0.25, 0.3) is 0 Å². The molecule has 0 aliphatic carbocycles. The van der Waals surface area contributed by atoms with Crippen LogP contribution in [0.5, 0.6) is 0 Å². The summed E-state index contributed by atoms with van der Waals surface area (Å²) in [5.74, 6) is 0. The summed E-state index contributed by atoms with van der Waals surface area (Å²) in [6.45, 7) is 6.40. The topological polar surface area (TPSA) is 34.1 Å². The van der Waals surface area contributed by atoms with Gasteiger partial charge in [-0.15, -0.1) is 0 Å². The van der Waals surface area contributed by atoms with Crippen molar-refractivity contribution in [1.82, 2.24) is 0 Å². The Hall–Kier alpha value is -1.44. The fraction of sp³-hybridized carbons (Fsp3) is 0.467. The normalized spacial score (nSPS) is 11.2. The summed E-state index contributed by atoms with van der Waals surface area (Å²) in [6.07, 6.45) is 4.65. The predicted octanol–water partition coefficient (Wildman–Crippen LogP) is 3.78. The third kappa shape index (κ3) is 2.46. The summed E-state index contributed by atoms with van der Waals surface area (Å²) < 4.78 is 0. The van der Waals surface area contributed by atoms with E-state index < -0.39 is 0 Å². The molecule has 0 bridgehead atoms. The first kappa shape index (κ1) is 13.6. The van der Waals surface area contributed by atoms with E-state index in [9.17, 15) is 9.59 Å². The van der Waals surface area contributed by atoms with E-state index in [-0.39, 0.29) is 5.41 Å². The zero-order valence-electron chi connectivity index (χ0n) is 10.8. The van der Waals surface area contributed by atoms with E-state index in [1.165, 1.54) is 0 Å². The van der Waals surface area contributed by atoms with E-state index >= 15 is 0 Å². The minimum absolute atomic E-state index is 0.00919. The first-order valence-corrected chi connectivity index (χ1v) is 6.22. The Morgan fingerprint density at radius 2 is 1.59 bits per heavy atom. The Balaban J connectivity index is 3.43. The van der Waals surface area contributed by atoms with Gasteiger partial charge in [0.15, 0.2) is 0 Å². The number of benzene rings is 1. The van der Waals surface area contributed by atoms with E-state index in [4.69, 9.17) is 0 Å². The molecule has 0 radical (unpaired) electrons. The van der Waals surface area contributed by atoms with Crippen molar-refractivity contribution in [1.29, 1.82) is 0 Å². The lowest BCUT2D eigenvalue weighted by molar-refractivity contribution is 0.111. The molecule has 0 atom stereocenters. The number of hydrogen-bond acceptors (Lipinski definition) is 2. The van der Waals surface area contributed by atoms with Gasteiger partial charge in [-0.05, 0) is 36.3 Å². The third-order valence-corrected chi connectivity index (χ3v) is 3.94. The maximum atomic E-state index is 11.1. The van der Waals surface area contributed by atoms with Gasteiger partial charge in [-0.2, -0.15) is 0 Å². The van der Waals surface area contributed by atoms with Crippen LogP contribution in [0, 0.1) is 0 Å². The van der Waals surface area contributed by atoms with E-state index in [0.29, 0.717) is 11.1 Å². The van der Waals surface area contributed by atoms with Gasteiger partial charge in [-0.25, -0.2) is 0 Å². The molecule has 17 heavy (non-hydrogen) atoms. The largest absolute Gasteiger partial charge is 0.298 e. The smallest absolute Gasteiger partial charge is 0.150 e. The van der Waals surface area contributed by atoms with Crippen LogP contribution in [0.1, 0.15) is 66.3 Å². The van der Waals surface area contributed by atoms with Crippen LogP contribution in [0.2, 0.25) is 0 Å². The fourth-order valence-corrected chi connectivity index (χ4v) is 2.53. The number of aldehydes is 2. The number of hydrogen-bond donors (Lipinski definition) is 0. The number of carbonyl (C=O) groups excluding carboxylic acids is 2. The van der Waals surface area contributed by atoms with Crippen LogP contribution in [-0.2, 0) is 5.41 Å². The zero-order valence-corrected chi connectivity index (χ0v) is 10.8. The van der Waals surface area contributed by atoms with Gasteiger partial charge >= 0.3 is 0 Å². The Kier molecular flexibility index (Phi) is 4.62. The zero-order chi connectivity index (χ0) is 12.9. The van der Waals surface area contributed by atoms with Crippen LogP contribution in [0.4, 0.5) is 0 Å². The molecule has 0 saturated heterocycles. The lowest BCUT2D eigenvalue weighted by atomic mass is 9.72. The molecular formula is C15H20O2. The average Bonchev–Trinajstić information content (AvgIpc) is 2.41. The van der Waals surface area contributed by atoms with E-state index in [1.54, 1.807) is 12.1 Å². The summed E-state index contributed by atoms with van der Waals surface area (Å²) >= 11 is 0. The van der Waals surface area contributed by atoms with E-state index in [1.807, 2.05) is 6.07 Å². The van der Waals surface area contributed by atoms with Gasteiger partial charge in [0.25, 0.3) is 0 Å². The minimum Gasteiger partial charge on any atom is -0.298 e. The second-order valence-electron chi connectivity index (χ2n) is 4.42. The molecule has 0 aliphatic heterocycles. The van der Waals surface area contributed by atoms with Crippen LogP contribution >= 0.6 is 0 Å². The third-order valence-electron chi connectivity index (χ3n) is 3.94. The molecule has 0 unspecified atom stereocenters. The quantitative estimate of drug-likeness (QED) is 0.699. The van der Waals surface area contributed by atoms with Crippen LogP contribution in [-0.4, -0.2) is 12.6 Å².